The van der Waals surface area contributed by atoms with Crippen LogP contribution in [0.15, 0.2) is 35.1 Å². The van der Waals surface area contributed by atoms with Gasteiger partial charge in [0.05, 0.1) is 5.69 Å². The second-order valence-corrected chi connectivity index (χ2v) is 5.25. The third-order valence-corrected chi connectivity index (χ3v) is 3.93. The number of rotatable bonds is 3. The first kappa shape index (κ1) is 14.5. The number of likely N-dealkylation sites (N-methyl/N-ethyl adjacent to an activating group) is 1. The second-order valence-electron chi connectivity index (χ2n) is 5.25. The van der Waals surface area contributed by atoms with Gasteiger partial charge in [0, 0.05) is 26.2 Å². The molecule has 116 valence electrons. The average molecular weight is 301 g/mol. The molecule has 0 atom stereocenters. The van der Waals surface area contributed by atoms with Crippen LogP contribution >= 0.6 is 0 Å². The smallest absolute Gasteiger partial charge is 0.333 e. The molecule has 1 fully saturated rings. The summed E-state index contributed by atoms with van der Waals surface area (Å²) in [7, 11) is 0. The van der Waals surface area contributed by atoms with E-state index in [2.05, 4.69) is 21.9 Å². The first-order chi connectivity index (χ1) is 10.7. The Morgan fingerprint density at radius 1 is 1.18 bits per heavy atom. The zero-order valence-corrected chi connectivity index (χ0v) is 12.5. The van der Waals surface area contributed by atoms with Gasteiger partial charge in [-0.25, -0.2) is 4.79 Å². The zero-order chi connectivity index (χ0) is 15.5. The highest BCUT2D eigenvalue weighted by Crippen LogP contribution is 2.06. The van der Waals surface area contributed by atoms with E-state index < -0.39 is 5.69 Å². The van der Waals surface area contributed by atoms with Gasteiger partial charge in [0.1, 0.15) is 0 Å². The number of nitrogens with one attached hydrogen (secondary N) is 1. The quantitative estimate of drug-likeness (QED) is 0.887. The summed E-state index contributed by atoms with van der Waals surface area (Å²) < 4.78 is 1.22. The molecule has 22 heavy (non-hydrogen) atoms. The van der Waals surface area contributed by atoms with Gasteiger partial charge < -0.3 is 9.80 Å². The van der Waals surface area contributed by atoms with E-state index in [0.717, 1.165) is 19.6 Å². The molecule has 0 bridgehead atoms. The first-order valence-corrected chi connectivity index (χ1v) is 7.45. The fourth-order valence-electron chi connectivity index (χ4n) is 2.58. The van der Waals surface area contributed by atoms with Crippen LogP contribution in [-0.4, -0.2) is 63.2 Å². The van der Waals surface area contributed by atoms with Crippen LogP contribution in [0.25, 0.3) is 5.69 Å². The van der Waals surface area contributed by atoms with Crippen LogP contribution in [-0.2, 0) is 0 Å². The van der Waals surface area contributed by atoms with Gasteiger partial charge in [-0.2, -0.15) is 4.68 Å². The maximum atomic E-state index is 12.5. The third-order valence-electron chi connectivity index (χ3n) is 3.93. The Labute approximate surface area is 128 Å². The van der Waals surface area contributed by atoms with Crippen molar-refractivity contribution < 1.29 is 4.79 Å². The number of hydrogen-bond donors (Lipinski definition) is 1. The fraction of sp³-hybridized carbons (Fsp3) is 0.400. The molecule has 1 amide bonds. The van der Waals surface area contributed by atoms with E-state index in [1.807, 2.05) is 18.2 Å². The Morgan fingerprint density at radius 3 is 2.50 bits per heavy atom. The van der Waals surface area contributed by atoms with E-state index >= 15 is 0 Å². The number of H-pyrrole nitrogens is 1. The molecule has 1 aliphatic rings. The molecule has 3 rings (SSSR count). The number of para-hydroxylation sites is 1. The van der Waals surface area contributed by atoms with Gasteiger partial charge in [-0.05, 0) is 18.7 Å². The lowest BCUT2D eigenvalue weighted by Gasteiger charge is -2.33. The maximum Gasteiger partial charge on any atom is 0.348 e. The topological polar surface area (TPSA) is 74.2 Å². The second kappa shape index (κ2) is 6.15. The van der Waals surface area contributed by atoms with Crippen LogP contribution in [0.4, 0.5) is 0 Å². The van der Waals surface area contributed by atoms with Crippen molar-refractivity contribution in [2.75, 3.05) is 32.7 Å². The van der Waals surface area contributed by atoms with Crippen LogP contribution in [0, 0.1) is 0 Å². The molecule has 1 N–H and O–H groups in total. The first-order valence-electron chi connectivity index (χ1n) is 7.45. The normalized spacial score (nSPS) is 16.0. The van der Waals surface area contributed by atoms with Crippen molar-refractivity contribution in [1.82, 2.24) is 24.6 Å². The standard InChI is InChI=1S/C15H19N5O2/c1-2-18-8-10-19(11-9-18)14(21)13-16-15(22)20(17-13)12-6-4-3-5-7-12/h3-7H,2,8-11H2,1H3,(H,16,17,22). The molecule has 1 saturated heterocycles. The molecular formula is C15H19N5O2. The molecule has 2 heterocycles. The summed E-state index contributed by atoms with van der Waals surface area (Å²) in [4.78, 5) is 31.0. The number of carbonyl (C=O) groups is 1. The summed E-state index contributed by atoms with van der Waals surface area (Å²) in [5.41, 5.74) is 0.236. The minimum atomic E-state index is -0.401. The lowest BCUT2D eigenvalue weighted by molar-refractivity contribution is 0.0631. The van der Waals surface area contributed by atoms with E-state index in [1.165, 1.54) is 4.68 Å². The summed E-state index contributed by atoms with van der Waals surface area (Å²) in [6.45, 7) is 6.12. The Bertz CT molecular complexity index is 698. The number of carbonyl (C=O) groups excluding carboxylic acids is 1. The van der Waals surface area contributed by atoms with Gasteiger partial charge in [0.15, 0.2) is 0 Å². The predicted octanol–water partition coefficient (Wildman–Crippen LogP) is 0.338. The lowest BCUT2D eigenvalue weighted by atomic mass is 10.3. The zero-order valence-electron chi connectivity index (χ0n) is 12.5. The molecule has 0 saturated carbocycles. The summed E-state index contributed by atoms with van der Waals surface area (Å²) >= 11 is 0. The van der Waals surface area contributed by atoms with Crippen LogP contribution in [0.2, 0.25) is 0 Å². The van der Waals surface area contributed by atoms with Crippen molar-refractivity contribution in [2.45, 2.75) is 6.92 Å². The van der Waals surface area contributed by atoms with Gasteiger partial charge in [0.2, 0.25) is 5.82 Å². The molecule has 7 heteroatoms. The summed E-state index contributed by atoms with van der Waals surface area (Å²) in [5, 5.41) is 4.14. The Balaban J connectivity index is 1.79. The SMILES string of the molecule is CCN1CCN(C(=O)c2nn(-c3ccccc3)c(=O)[nH]2)CC1. The molecule has 0 aliphatic carbocycles. The van der Waals surface area contributed by atoms with Gasteiger partial charge >= 0.3 is 5.69 Å². The summed E-state index contributed by atoms with van der Waals surface area (Å²) in [6.07, 6.45) is 0. The Morgan fingerprint density at radius 2 is 1.86 bits per heavy atom. The molecule has 0 spiro atoms. The van der Waals surface area contributed by atoms with Gasteiger partial charge in [-0.15, -0.1) is 5.10 Å². The van der Waals surface area contributed by atoms with Crippen molar-refractivity contribution in [3.8, 4) is 5.69 Å². The van der Waals surface area contributed by atoms with E-state index in [4.69, 9.17) is 0 Å². The molecule has 0 unspecified atom stereocenters. The van der Waals surface area contributed by atoms with Crippen LogP contribution < -0.4 is 5.69 Å². The molecular weight excluding hydrogens is 282 g/mol. The van der Waals surface area contributed by atoms with E-state index in [0.29, 0.717) is 18.8 Å². The van der Waals surface area contributed by atoms with Crippen molar-refractivity contribution >= 4 is 5.91 Å². The molecule has 1 aliphatic heterocycles. The highest BCUT2D eigenvalue weighted by molar-refractivity contribution is 5.90. The molecule has 7 nitrogen and oxygen atoms in total. The summed E-state index contributed by atoms with van der Waals surface area (Å²) in [6, 6.07) is 9.05. The number of aromatic nitrogens is 3. The minimum absolute atomic E-state index is 0.0961. The maximum absolute atomic E-state index is 12.5. The minimum Gasteiger partial charge on any atom is -0.333 e. The van der Waals surface area contributed by atoms with Crippen LogP contribution in [0.1, 0.15) is 17.5 Å². The number of aromatic amines is 1. The van der Waals surface area contributed by atoms with Crippen molar-refractivity contribution in [1.29, 1.82) is 0 Å². The van der Waals surface area contributed by atoms with Crippen molar-refractivity contribution in [2.24, 2.45) is 0 Å². The van der Waals surface area contributed by atoms with Crippen LogP contribution in [0.5, 0.6) is 0 Å². The molecule has 0 radical (unpaired) electrons. The van der Waals surface area contributed by atoms with Crippen LogP contribution in [0.3, 0.4) is 0 Å². The van der Waals surface area contributed by atoms with Gasteiger partial charge in [0.25, 0.3) is 5.91 Å². The number of piperazine rings is 1. The van der Waals surface area contributed by atoms with Crippen molar-refractivity contribution in [3.63, 3.8) is 0 Å². The highest BCUT2D eigenvalue weighted by Gasteiger charge is 2.24. The molecule has 2 aromatic rings. The highest BCUT2D eigenvalue weighted by atomic mass is 16.2. The molecule has 1 aromatic carbocycles. The Kier molecular flexibility index (Phi) is 4.06. The van der Waals surface area contributed by atoms with E-state index in [9.17, 15) is 9.59 Å². The largest absolute Gasteiger partial charge is 0.348 e. The predicted molar refractivity (Wildman–Crippen MR) is 82.2 cm³/mol. The van der Waals surface area contributed by atoms with Gasteiger partial charge in [-0.3, -0.25) is 9.78 Å². The van der Waals surface area contributed by atoms with Crippen molar-refractivity contribution in [3.05, 3.63) is 46.6 Å². The van der Waals surface area contributed by atoms with Gasteiger partial charge in [-0.1, -0.05) is 25.1 Å². The Hall–Kier alpha value is -2.41. The number of amides is 1. The average Bonchev–Trinajstić information content (AvgIpc) is 2.97. The number of benzene rings is 1. The number of nitrogens with zero attached hydrogens (tertiary/aromatic N) is 4. The lowest BCUT2D eigenvalue weighted by Crippen LogP contribution is -2.48. The number of hydrogen-bond acceptors (Lipinski definition) is 4. The summed E-state index contributed by atoms with van der Waals surface area (Å²) in [5.74, 6) is -0.124. The van der Waals surface area contributed by atoms with E-state index in [1.54, 1.807) is 17.0 Å². The third kappa shape index (κ3) is 2.80. The monoisotopic (exact) mass is 301 g/mol. The molecule has 1 aromatic heterocycles. The van der Waals surface area contributed by atoms with E-state index in [-0.39, 0.29) is 11.7 Å². The fourth-order valence-corrected chi connectivity index (χ4v) is 2.58.